The predicted octanol–water partition coefficient (Wildman–Crippen LogP) is 0.281. The Morgan fingerprint density at radius 3 is 2.03 bits per heavy atom. The molecule has 11 atom stereocenters. The largest absolute Gasteiger partial charge is 0.462 e. The predicted molar refractivity (Wildman–Crippen MR) is 114 cm³/mol. The minimum atomic E-state index is -1.99. The third-order valence-corrected chi connectivity index (χ3v) is 9.78. The Labute approximate surface area is 194 Å². The first-order chi connectivity index (χ1) is 14.9. The maximum atomic E-state index is 12.2. The molecule has 0 saturated heterocycles. The second-order valence-electron chi connectivity index (χ2n) is 12.0. The van der Waals surface area contributed by atoms with Crippen LogP contribution in [0.4, 0.5) is 0 Å². The van der Waals surface area contributed by atoms with Crippen molar-refractivity contribution in [2.45, 2.75) is 108 Å². The smallest absolute Gasteiger partial charge is 0.303 e. The molecule has 0 aliphatic heterocycles. The summed E-state index contributed by atoms with van der Waals surface area (Å²) in [4.78, 5) is 24.3. The van der Waals surface area contributed by atoms with Gasteiger partial charge in [0, 0.05) is 36.5 Å². The number of rotatable bonds is 2. The van der Waals surface area contributed by atoms with Crippen LogP contribution < -0.4 is 0 Å². The summed E-state index contributed by atoms with van der Waals surface area (Å²) < 4.78 is 11.5. The molecule has 9 nitrogen and oxygen atoms in total. The number of aliphatic hydroxyl groups excluding tert-OH is 2. The number of fused-ring (bicyclic) bond motifs is 2. The summed E-state index contributed by atoms with van der Waals surface area (Å²) >= 11 is 0. The zero-order valence-electron chi connectivity index (χ0n) is 20.2. The fraction of sp³-hybridized carbons (Fsp3) is 0.917. The summed E-state index contributed by atoms with van der Waals surface area (Å²) in [5.41, 5.74) is -7.29. The van der Waals surface area contributed by atoms with Crippen molar-refractivity contribution >= 4 is 11.9 Å². The van der Waals surface area contributed by atoms with Gasteiger partial charge in [-0.25, -0.2) is 0 Å². The lowest BCUT2D eigenvalue weighted by Crippen LogP contribution is -2.62. The average molecular weight is 471 g/mol. The van der Waals surface area contributed by atoms with Gasteiger partial charge in [0.1, 0.15) is 17.8 Å². The SMILES string of the molecule is CC(=O)O[C@H]1C[C@]23C[C@@](C)(O)[C@H](CC[C@H]2[C@@](C)(O)[C@@H]2[C@@H](O)[C@H](O)C(C)(C)[C@@]12O)[C@@H]3OC(C)=O. The molecule has 1 spiro atoms. The molecular weight excluding hydrogens is 432 g/mol. The maximum Gasteiger partial charge on any atom is 0.303 e. The van der Waals surface area contributed by atoms with Gasteiger partial charge in [-0.1, -0.05) is 13.8 Å². The second-order valence-corrected chi connectivity index (χ2v) is 12.0. The summed E-state index contributed by atoms with van der Waals surface area (Å²) in [5, 5.41) is 57.7. The Morgan fingerprint density at radius 2 is 1.48 bits per heavy atom. The van der Waals surface area contributed by atoms with Gasteiger partial charge in [0.05, 0.1) is 23.4 Å². The van der Waals surface area contributed by atoms with Gasteiger partial charge in [0.25, 0.3) is 0 Å². The number of ether oxygens (including phenoxy) is 2. The van der Waals surface area contributed by atoms with E-state index in [4.69, 9.17) is 9.47 Å². The van der Waals surface area contributed by atoms with Crippen LogP contribution in [0.1, 0.15) is 67.2 Å². The summed E-state index contributed by atoms with van der Waals surface area (Å²) in [7, 11) is 0. The monoisotopic (exact) mass is 470 g/mol. The molecule has 4 aliphatic rings. The number of carbonyl (C=O) groups is 2. The zero-order chi connectivity index (χ0) is 24.9. The van der Waals surface area contributed by atoms with Gasteiger partial charge in [-0.05, 0) is 45.4 Å². The molecule has 9 heteroatoms. The van der Waals surface area contributed by atoms with E-state index >= 15 is 0 Å². The molecule has 0 aromatic heterocycles. The van der Waals surface area contributed by atoms with Gasteiger partial charge in [-0.2, -0.15) is 0 Å². The normalized spacial score (nSPS) is 54.7. The molecule has 4 aliphatic carbocycles. The first kappa shape index (κ1) is 24.9. The van der Waals surface area contributed by atoms with Crippen LogP contribution in [0.25, 0.3) is 0 Å². The highest BCUT2D eigenvalue weighted by atomic mass is 16.6. The van der Waals surface area contributed by atoms with Crippen LogP contribution in [-0.2, 0) is 19.1 Å². The van der Waals surface area contributed by atoms with Crippen LogP contribution in [-0.4, -0.2) is 78.7 Å². The van der Waals surface area contributed by atoms with Crippen LogP contribution >= 0.6 is 0 Å². The van der Waals surface area contributed by atoms with E-state index in [0.29, 0.717) is 12.8 Å². The molecule has 4 saturated carbocycles. The number of hydrogen-bond acceptors (Lipinski definition) is 9. The lowest BCUT2D eigenvalue weighted by molar-refractivity contribution is -0.218. The lowest BCUT2D eigenvalue weighted by Gasteiger charge is -2.52. The van der Waals surface area contributed by atoms with Gasteiger partial charge in [-0.15, -0.1) is 0 Å². The van der Waals surface area contributed by atoms with Crippen molar-refractivity contribution in [1.29, 1.82) is 0 Å². The fourth-order valence-electron chi connectivity index (χ4n) is 8.59. The first-order valence-electron chi connectivity index (χ1n) is 11.8. The molecule has 4 rings (SSSR count). The van der Waals surface area contributed by atoms with Gasteiger partial charge in [-0.3, -0.25) is 9.59 Å². The van der Waals surface area contributed by atoms with Crippen LogP contribution in [0.5, 0.6) is 0 Å². The molecule has 0 amide bonds. The fourth-order valence-corrected chi connectivity index (χ4v) is 8.59. The van der Waals surface area contributed by atoms with E-state index in [9.17, 15) is 35.1 Å². The standard InChI is InChI=1S/C24H38O9/c1-11(25)32-15-9-23-10-21(5,29)13(19(23)33-12(2)26)7-8-14(23)22(6,30)17-16(27)18(28)20(3,4)24(15,17)31/h13-19,27-31H,7-10H2,1-6H3/t13-,14+,15+,16-,17+,18+,19+,21-,22-,23+,24-/m1/s1. The maximum absolute atomic E-state index is 12.2. The minimum absolute atomic E-state index is 0.00780. The van der Waals surface area contributed by atoms with Crippen LogP contribution in [0.2, 0.25) is 0 Å². The summed E-state index contributed by atoms with van der Waals surface area (Å²) in [5.74, 6) is -3.42. The highest BCUT2D eigenvalue weighted by Gasteiger charge is 2.79. The molecule has 0 aromatic carbocycles. The highest BCUT2D eigenvalue weighted by molar-refractivity contribution is 5.67. The van der Waals surface area contributed by atoms with Gasteiger partial charge in [0.15, 0.2) is 0 Å². The second kappa shape index (κ2) is 7.13. The summed E-state index contributed by atoms with van der Waals surface area (Å²) in [6.07, 6.45) is -3.74. The van der Waals surface area contributed by atoms with Crippen molar-refractivity contribution in [3.63, 3.8) is 0 Å². The Bertz CT molecular complexity index is 851. The number of carbonyl (C=O) groups excluding carboxylic acids is 2. The number of aliphatic hydroxyl groups is 5. The molecule has 0 radical (unpaired) electrons. The topological polar surface area (TPSA) is 154 Å². The van der Waals surface area contributed by atoms with Crippen molar-refractivity contribution in [2.24, 2.45) is 28.6 Å². The molecular formula is C24H38O9. The van der Waals surface area contributed by atoms with Gasteiger partial charge >= 0.3 is 11.9 Å². The highest BCUT2D eigenvalue weighted by Crippen LogP contribution is 2.70. The van der Waals surface area contributed by atoms with E-state index < -0.39 is 75.8 Å². The molecule has 33 heavy (non-hydrogen) atoms. The molecule has 0 aromatic rings. The molecule has 4 fully saturated rings. The van der Waals surface area contributed by atoms with Crippen molar-refractivity contribution < 1.29 is 44.6 Å². The first-order valence-corrected chi connectivity index (χ1v) is 11.8. The zero-order valence-corrected chi connectivity index (χ0v) is 20.2. The van der Waals surface area contributed by atoms with Crippen LogP contribution in [0.15, 0.2) is 0 Å². The molecule has 0 unspecified atom stereocenters. The number of hydrogen-bond donors (Lipinski definition) is 5. The van der Waals surface area contributed by atoms with Crippen molar-refractivity contribution in [1.82, 2.24) is 0 Å². The number of esters is 2. The van der Waals surface area contributed by atoms with Crippen molar-refractivity contribution in [2.75, 3.05) is 0 Å². The van der Waals surface area contributed by atoms with E-state index in [1.54, 1.807) is 20.8 Å². The third-order valence-electron chi connectivity index (χ3n) is 9.78. The van der Waals surface area contributed by atoms with Gasteiger partial charge < -0.3 is 35.0 Å². The van der Waals surface area contributed by atoms with E-state index in [2.05, 4.69) is 0 Å². The van der Waals surface area contributed by atoms with Crippen LogP contribution in [0.3, 0.4) is 0 Å². The van der Waals surface area contributed by atoms with Crippen LogP contribution in [0, 0.1) is 28.6 Å². The summed E-state index contributed by atoms with van der Waals surface area (Å²) in [6.45, 7) is 8.88. The lowest BCUT2D eigenvalue weighted by atomic mass is 9.57. The van der Waals surface area contributed by atoms with E-state index in [-0.39, 0.29) is 18.8 Å². The molecule has 0 heterocycles. The molecule has 5 N–H and O–H groups in total. The van der Waals surface area contributed by atoms with Gasteiger partial charge in [0.2, 0.25) is 0 Å². The van der Waals surface area contributed by atoms with E-state index in [1.165, 1.54) is 20.8 Å². The minimum Gasteiger partial charge on any atom is -0.462 e. The van der Waals surface area contributed by atoms with Crippen molar-refractivity contribution in [3.05, 3.63) is 0 Å². The summed E-state index contributed by atoms with van der Waals surface area (Å²) in [6, 6.07) is 0. The Morgan fingerprint density at radius 1 is 0.909 bits per heavy atom. The quantitative estimate of drug-likeness (QED) is 0.358. The molecule has 188 valence electrons. The Balaban J connectivity index is 1.98. The third kappa shape index (κ3) is 3.02. The van der Waals surface area contributed by atoms with E-state index in [1.807, 2.05) is 0 Å². The Hall–Kier alpha value is -1.26. The van der Waals surface area contributed by atoms with Crippen molar-refractivity contribution in [3.8, 4) is 0 Å². The molecule has 2 bridgehead atoms. The van der Waals surface area contributed by atoms with E-state index in [0.717, 1.165) is 0 Å². The Kier molecular flexibility index (Phi) is 5.37. The average Bonchev–Trinajstić information content (AvgIpc) is 2.83.